The van der Waals surface area contributed by atoms with Crippen molar-refractivity contribution < 1.29 is 24.7 Å². The number of aliphatic carboxylic acids is 2. The Labute approximate surface area is 156 Å². The second-order valence-electron chi connectivity index (χ2n) is 6.11. The number of hydrogen-bond acceptors (Lipinski definition) is 5. The number of carboxylic acid groups (broad SMARTS) is 2. The number of hydrogen-bond donors (Lipinski definition) is 2. The van der Waals surface area contributed by atoms with E-state index in [9.17, 15) is 14.7 Å². The average molecular weight is 374 g/mol. The van der Waals surface area contributed by atoms with Gasteiger partial charge in [0.2, 0.25) is 0 Å². The fourth-order valence-corrected chi connectivity index (χ4v) is 3.74. The zero-order valence-electron chi connectivity index (χ0n) is 14.6. The van der Waals surface area contributed by atoms with E-state index >= 15 is 0 Å². The van der Waals surface area contributed by atoms with E-state index in [1.54, 1.807) is 4.90 Å². The van der Waals surface area contributed by atoms with Gasteiger partial charge in [-0.05, 0) is 18.2 Å². The highest BCUT2D eigenvalue weighted by Crippen LogP contribution is 2.27. The molecule has 0 radical (unpaired) electrons. The molecule has 1 fully saturated rings. The summed E-state index contributed by atoms with van der Waals surface area (Å²) in [4.78, 5) is 25.4. The first-order valence-corrected chi connectivity index (χ1v) is 9.27. The number of pyridine rings is 1. The summed E-state index contributed by atoms with van der Waals surface area (Å²) in [6, 6.07) is 12.7. The SMILES string of the molecule is C[NH+]1CCC(Sc2ccc3ccccc3n2)CC1.O=C([O-])/C=C\C(=O)O. The van der Waals surface area contributed by atoms with Crippen LogP contribution in [0.5, 0.6) is 0 Å². The van der Waals surface area contributed by atoms with Gasteiger partial charge in [-0.1, -0.05) is 24.3 Å². The summed E-state index contributed by atoms with van der Waals surface area (Å²) in [5.41, 5.74) is 1.11. The van der Waals surface area contributed by atoms with E-state index in [1.807, 2.05) is 11.8 Å². The van der Waals surface area contributed by atoms with Crippen molar-refractivity contribution in [3.8, 4) is 0 Å². The monoisotopic (exact) mass is 374 g/mol. The Morgan fingerprint density at radius 2 is 1.88 bits per heavy atom. The van der Waals surface area contributed by atoms with Crippen molar-refractivity contribution in [1.29, 1.82) is 0 Å². The molecular formula is C19H22N2O4S. The maximum atomic E-state index is 9.53. The van der Waals surface area contributed by atoms with Gasteiger partial charge in [-0.3, -0.25) is 0 Å². The molecule has 2 N–H and O–H groups in total. The molecule has 0 unspecified atom stereocenters. The molecule has 6 nitrogen and oxygen atoms in total. The van der Waals surface area contributed by atoms with Crippen molar-refractivity contribution in [2.45, 2.75) is 23.1 Å². The van der Waals surface area contributed by atoms with Gasteiger partial charge in [0.15, 0.2) is 0 Å². The predicted octanol–water partition coefficient (Wildman–Crippen LogP) is 0.381. The smallest absolute Gasteiger partial charge is 0.328 e. The number of carboxylic acids is 2. The highest BCUT2D eigenvalue weighted by molar-refractivity contribution is 7.99. The van der Waals surface area contributed by atoms with Crippen LogP contribution >= 0.6 is 11.8 Å². The molecule has 1 saturated heterocycles. The van der Waals surface area contributed by atoms with Crippen molar-refractivity contribution in [3.05, 3.63) is 48.6 Å². The van der Waals surface area contributed by atoms with E-state index in [-0.39, 0.29) is 0 Å². The van der Waals surface area contributed by atoms with Crippen LogP contribution in [0.15, 0.2) is 53.6 Å². The van der Waals surface area contributed by atoms with Crippen molar-refractivity contribution in [1.82, 2.24) is 4.98 Å². The third-order valence-electron chi connectivity index (χ3n) is 4.01. The lowest BCUT2D eigenvalue weighted by molar-refractivity contribution is -0.884. The molecule has 26 heavy (non-hydrogen) atoms. The molecule has 2 heterocycles. The maximum Gasteiger partial charge on any atom is 0.328 e. The van der Waals surface area contributed by atoms with Crippen LogP contribution in [0.4, 0.5) is 0 Å². The molecule has 1 aromatic carbocycles. The summed E-state index contributed by atoms with van der Waals surface area (Å²) < 4.78 is 0. The highest BCUT2D eigenvalue weighted by atomic mass is 32.2. The molecule has 7 heteroatoms. The number of para-hydroxylation sites is 1. The number of carbonyl (C=O) groups excluding carboxylic acids is 1. The number of quaternary nitrogens is 1. The number of nitrogens with zero attached hydrogens (tertiary/aromatic N) is 1. The van der Waals surface area contributed by atoms with Gasteiger partial charge in [-0.2, -0.15) is 0 Å². The van der Waals surface area contributed by atoms with Crippen LogP contribution in [0.3, 0.4) is 0 Å². The Bertz CT molecular complexity index is 770. The summed E-state index contributed by atoms with van der Waals surface area (Å²) in [5, 5.41) is 20.4. The Balaban J connectivity index is 0.000000260. The minimum absolute atomic E-state index is 0.447. The molecule has 0 saturated carbocycles. The van der Waals surface area contributed by atoms with Crippen LogP contribution in [0.2, 0.25) is 0 Å². The predicted molar refractivity (Wildman–Crippen MR) is 99.0 cm³/mol. The minimum Gasteiger partial charge on any atom is -0.545 e. The Hall–Kier alpha value is -2.38. The summed E-state index contributed by atoms with van der Waals surface area (Å²) in [6.07, 6.45) is 3.56. The number of piperidine rings is 1. The molecule has 3 rings (SSSR count). The van der Waals surface area contributed by atoms with Crippen LogP contribution in [-0.2, 0) is 9.59 Å². The Morgan fingerprint density at radius 1 is 1.19 bits per heavy atom. The van der Waals surface area contributed by atoms with Gasteiger partial charge < -0.3 is 19.9 Å². The third kappa shape index (κ3) is 6.85. The van der Waals surface area contributed by atoms with Gasteiger partial charge in [0, 0.05) is 29.6 Å². The second kappa shape index (κ2) is 9.94. The minimum atomic E-state index is -1.51. The number of fused-ring (bicyclic) bond motifs is 1. The van der Waals surface area contributed by atoms with E-state index in [0.29, 0.717) is 12.2 Å². The van der Waals surface area contributed by atoms with Gasteiger partial charge in [0.25, 0.3) is 0 Å². The maximum absolute atomic E-state index is 9.53. The molecule has 0 amide bonds. The average Bonchev–Trinajstić information content (AvgIpc) is 2.62. The summed E-state index contributed by atoms with van der Waals surface area (Å²) in [5.74, 6) is -2.80. The normalized spacial score (nSPS) is 19.7. The molecule has 138 valence electrons. The molecule has 1 aliphatic heterocycles. The molecule has 1 aliphatic rings. The van der Waals surface area contributed by atoms with Crippen molar-refractivity contribution in [2.24, 2.45) is 0 Å². The fourth-order valence-electron chi connectivity index (χ4n) is 2.63. The quantitative estimate of drug-likeness (QED) is 0.752. The molecule has 2 aromatic rings. The lowest BCUT2D eigenvalue weighted by atomic mass is 10.1. The highest BCUT2D eigenvalue weighted by Gasteiger charge is 2.20. The molecule has 0 bridgehead atoms. The van der Waals surface area contributed by atoms with Crippen LogP contribution in [0.1, 0.15) is 12.8 Å². The van der Waals surface area contributed by atoms with E-state index in [2.05, 4.69) is 43.4 Å². The lowest BCUT2D eigenvalue weighted by Crippen LogP contribution is -3.10. The number of carbonyl (C=O) groups is 2. The molecule has 0 atom stereocenters. The molecule has 0 aliphatic carbocycles. The van der Waals surface area contributed by atoms with Gasteiger partial charge >= 0.3 is 5.97 Å². The van der Waals surface area contributed by atoms with Crippen molar-refractivity contribution in [3.63, 3.8) is 0 Å². The summed E-state index contributed by atoms with van der Waals surface area (Å²) >= 11 is 1.96. The van der Waals surface area contributed by atoms with E-state index in [1.165, 1.54) is 36.3 Å². The van der Waals surface area contributed by atoms with Gasteiger partial charge in [0.1, 0.15) is 0 Å². The van der Waals surface area contributed by atoms with Gasteiger partial charge in [0.05, 0.1) is 36.6 Å². The molecule has 1 aromatic heterocycles. The first-order valence-electron chi connectivity index (χ1n) is 8.40. The summed E-state index contributed by atoms with van der Waals surface area (Å²) in [6.45, 7) is 2.59. The van der Waals surface area contributed by atoms with Gasteiger partial charge in [-0.15, -0.1) is 11.8 Å². The van der Waals surface area contributed by atoms with Gasteiger partial charge in [-0.25, -0.2) is 9.78 Å². The largest absolute Gasteiger partial charge is 0.545 e. The number of rotatable bonds is 4. The van der Waals surface area contributed by atoms with Crippen LogP contribution in [0, 0.1) is 0 Å². The van der Waals surface area contributed by atoms with E-state index in [4.69, 9.17) is 10.1 Å². The van der Waals surface area contributed by atoms with E-state index in [0.717, 1.165) is 10.8 Å². The zero-order chi connectivity index (χ0) is 18.9. The lowest BCUT2D eigenvalue weighted by Gasteiger charge is -2.25. The Kier molecular flexibility index (Phi) is 7.62. The van der Waals surface area contributed by atoms with Crippen LogP contribution in [-0.4, -0.2) is 47.4 Å². The second-order valence-corrected chi connectivity index (χ2v) is 7.43. The third-order valence-corrected chi connectivity index (χ3v) is 5.28. The Morgan fingerprint density at radius 3 is 2.50 bits per heavy atom. The fraction of sp³-hybridized carbons (Fsp3) is 0.316. The van der Waals surface area contributed by atoms with Crippen LogP contribution < -0.4 is 10.0 Å². The topological polar surface area (TPSA) is 94.8 Å². The molecule has 0 spiro atoms. The van der Waals surface area contributed by atoms with Crippen molar-refractivity contribution >= 4 is 34.6 Å². The first-order chi connectivity index (χ1) is 12.4. The number of likely N-dealkylation sites (tertiary alicyclic amines) is 1. The van der Waals surface area contributed by atoms with Crippen molar-refractivity contribution in [2.75, 3.05) is 20.1 Å². The number of nitrogens with one attached hydrogen (secondary N) is 1. The standard InChI is InChI=1S/C15H18N2S.C4H4O4/c1-17-10-8-13(9-11-17)18-15-7-6-12-4-2-3-5-14(12)16-15;5-3(6)1-2-4(7)8/h2-7,13H,8-11H2,1H3;1-2H,(H,5,6)(H,7,8)/b;2-1-. The molecular weight excluding hydrogens is 352 g/mol. The van der Waals surface area contributed by atoms with E-state index < -0.39 is 11.9 Å². The van der Waals surface area contributed by atoms with Crippen LogP contribution in [0.25, 0.3) is 10.9 Å². The first kappa shape index (κ1) is 19.9. The number of aromatic nitrogens is 1. The summed E-state index contributed by atoms with van der Waals surface area (Å²) in [7, 11) is 2.29. The number of benzene rings is 1. The number of thioether (sulfide) groups is 1. The zero-order valence-corrected chi connectivity index (χ0v) is 15.4.